The second kappa shape index (κ2) is 7.00. The summed E-state index contributed by atoms with van der Waals surface area (Å²) in [6.45, 7) is 5.33. The van der Waals surface area contributed by atoms with Gasteiger partial charge in [-0.2, -0.15) is 0 Å². The number of para-hydroxylation sites is 3. The van der Waals surface area contributed by atoms with Crippen LogP contribution in [0, 0.1) is 5.41 Å². The number of imidazole rings is 1. The first kappa shape index (κ1) is 17.7. The molecule has 3 N–H and O–H groups in total. The molecule has 0 saturated heterocycles. The summed E-state index contributed by atoms with van der Waals surface area (Å²) in [6.07, 6.45) is 0. The average Bonchev–Trinajstić information content (AvgIpc) is 3.03. The number of H-pyrrole nitrogens is 1. The molecule has 26 heavy (non-hydrogen) atoms. The summed E-state index contributed by atoms with van der Waals surface area (Å²) in [5.74, 6) is 0.227. The number of anilines is 1. The molecule has 0 atom stereocenters. The van der Waals surface area contributed by atoms with Crippen LogP contribution in [0.4, 0.5) is 5.69 Å². The molecule has 0 radical (unpaired) electrons. The first-order valence-electron chi connectivity index (χ1n) is 8.47. The highest BCUT2D eigenvalue weighted by Gasteiger charge is 2.21. The molecule has 1 heterocycles. The third-order valence-corrected chi connectivity index (χ3v) is 3.94. The molecule has 6 nitrogen and oxygen atoms in total. The zero-order valence-electron chi connectivity index (χ0n) is 15.1. The predicted molar refractivity (Wildman–Crippen MR) is 103 cm³/mol. The number of nitrogens with one attached hydrogen (secondary N) is 3. The third kappa shape index (κ3) is 3.91. The molecule has 3 rings (SSSR count). The lowest BCUT2D eigenvalue weighted by Gasteiger charge is -2.17. The van der Waals surface area contributed by atoms with Gasteiger partial charge in [-0.25, -0.2) is 4.98 Å². The van der Waals surface area contributed by atoms with Crippen LogP contribution < -0.4 is 10.6 Å². The van der Waals surface area contributed by atoms with E-state index in [1.807, 2.05) is 48.5 Å². The van der Waals surface area contributed by atoms with Crippen LogP contribution in [0.15, 0.2) is 48.5 Å². The fourth-order valence-corrected chi connectivity index (χ4v) is 2.50. The normalized spacial score (nSPS) is 11.3. The average molecular weight is 350 g/mol. The molecule has 134 valence electrons. The topological polar surface area (TPSA) is 86.9 Å². The fourth-order valence-electron chi connectivity index (χ4n) is 2.50. The molecule has 0 fully saturated rings. The highest BCUT2D eigenvalue weighted by atomic mass is 16.2. The van der Waals surface area contributed by atoms with Crippen molar-refractivity contribution in [3.05, 3.63) is 48.5 Å². The van der Waals surface area contributed by atoms with E-state index < -0.39 is 5.41 Å². The second-order valence-electron chi connectivity index (χ2n) is 7.13. The van der Waals surface area contributed by atoms with Gasteiger partial charge in [-0.05, 0) is 24.3 Å². The van der Waals surface area contributed by atoms with E-state index in [1.165, 1.54) is 0 Å². The van der Waals surface area contributed by atoms with Crippen molar-refractivity contribution in [3.8, 4) is 11.4 Å². The standard InChI is InChI=1S/C20H22N4O2/c1-20(2,3)19(26)21-12-17(25)22-14-9-5-4-8-13(14)18-23-15-10-6-7-11-16(15)24-18/h4-11H,12H2,1-3H3,(H,21,26)(H,22,25)(H,23,24). The zero-order chi connectivity index (χ0) is 18.7. The number of hydrogen-bond acceptors (Lipinski definition) is 3. The van der Waals surface area contributed by atoms with Gasteiger partial charge in [0.15, 0.2) is 0 Å². The van der Waals surface area contributed by atoms with E-state index in [0.717, 1.165) is 16.6 Å². The lowest BCUT2D eigenvalue weighted by atomic mass is 9.96. The van der Waals surface area contributed by atoms with Crippen molar-refractivity contribution in [1.29, 1.82) is 0 Å². The summed E-state index contributed by atoms with van der Waals surface area (Å²) < 4.78 is 0. The number of amides is 2. The summed E-state index contributed by atoms with van der Waals surface area (Å²) in [5.41, 5.74) is 2.69. The van der Waals surface area contributed by atoms with Crippen LogP contribution in [0.5, 0.6) is 0 Å². The lowest BCUT2D eigenvalue weighted by molar-refractivity contribution is -0.130. The fraction of sp³-hybridized carbons (Fsp3) is 0.250. The Labute approximate surface area is 152 Å². The molecule has 2 aromatic carbocycles. The van der Waals surface area contributed by atoms with Crippen LogP contribution in [-0.4, -0.2) is 28.3 Å². The molecular formula is C20H22N4O2. The minimum absolute atomic E-state index is 0.0788. The van der Waals surface area contributed by atoms with E-state index in [4.69, 9.17) is 0 Å². The lowest BCUT2D eigenvalue weighted by Crippen LogP contribution is -2.39. The molecular weight excluding hydrogens is 328 g/mol. The van der Waals surface area contributed by atoms with Gasteiger partial charge in [-0.3, -0.25) is 9.59 Å². The Hall–Kier alpha value is -3.15. The van der Waals surface area contributed by atoms with E-state index in [2.05, 4.69) is 20.6 Å². The van der Waals surface area contributed by atoms with Gasteiger partial charge in [0.1, 0.15) is 5.82 Å². The van der Waals surface area contributed by atoms with Crippen LogP contribution in [0.1, 0.15) is 20.8 Å². The van der Waals surface area contributed by atoms with E-state index in [1.54, 1.807) is 20.8 Å². The number of carbonyl (C=O) groups excluding carboxylic acids is 2. The Morgan fingerprint density at radius 2 is 1.73 bits per heavy atom. The molecule has 6 heteroatoms. The summed E-state index contributed by atoms with van der Waals surface area (Å²) >= 11 is 0. The van der Waals surface area contributed by atoms with Crippen LogP contribution >= 0.6 is 0 Å². The maximum atomic E-state index is 12.2. The van der Waals surface area contributed by atoms with Crippen LogP contribution in [0.2, 0.25) is 0 Å². The van der Waals surface area contributed by atoms with E-state index in [0.29, 0.717) is 11.5 Å². The Bertz CT molecular complexity index is 921. The molecule has 0 spiro atoms. The first-order chi connectivity index (χ1) is 12.3. The summed E-state index contributed by atoms with van der Waals surface area (Å²) in [4.78, 5) is 32.0. The van der Waals surface area contributed by atoms with Crippen molar-refractivity contribution < 1.29 is 9.59 Å². The molecule has 0 unspecified atom stereocenters. The Balaban J connectivity index is 1.77. The molecule has 0 aliphatic carbocycles. The largest absolute Gasteiger partial charge is 0.347 e. The van der Waals surface area contributed by atoms with Gasteiger partial charge >= 0.3 is 0 Å². The van der Waals surface area contributed by atoms with E-state index in [9.17, 15) is 9.59 Å². The minimum Gasteiger partial charge on any atom is -0.347 e. The van der Waals surface area contributed by atoms with Crippen LogP contribution in [-0.2, 0) is 9.59 Å². The van der Waals surface area contributed by atoms with Crippen molar-refractivity contribution in [2.45, 2.75) is 20.8 Å². The van der Waals surface area contributed by atoms with Gasteiger partial charge in [0.05, 0.1) is 23.3 Å². The van der Waals surface area contributed by atoms with Crippen molar-refractivity contribution in [3.63, 3.8) is 0 Å². The van der Waals surface area contributed by atoms with Crippen molar-refractivity contribution >= 4 is 28.5 Å². The Morgan fingerprint density at radius 1 is 1.04 bits per heavy atom. The SMILES string of the molecule is CC(C)(C)C(=O)NCC(=O)Nc1ccccc1-c1nc2ccccc2[nH]1. The van der Waals surface area contributed by atoms with Crippen LogP contribution in [0.25, 0.3) is 22.4 Å². The molecule has 0 saturated carbocycles. The minimum atomic E-state index is -0.535. The van der Waals surface area contributed by atoms with Crippen molar-refractivity contribution in [2.24, 2.45) is 5.41 Å². The van der Waals surface area contributed by atoms with Crippen LogP contribution in [0.3, 0.4) is 0 Å². The Kier molecular flexibility index (Phi) is 4.75. The van der Waals surface area contributed by atoms with Gasteiger partial charge < -0.3 is 15.6 Å². The van der Waals surface area contributed by atoms with Gasteiger partial charge in [0.25, 0.3) is 0 Å². The first-order valence-corrected chi connectivity index (χ1v) is 8.47. The van der Waals surface area contributed by atoms with Gasteiger partial charge in [0, 0.05) is 11.0 Å². The predicted octanol–water partition coefficient (Wildman–Crippen LogP) is 3.33. The number of aromatic amines is 1. The molecule has 1 aromatic heterocycles. The smallest absolute Gasteiger partial charge is 0.243 e. The maximum Gasteiger partial charge on any atom is 0.243 e. The molecule has 3 aromatic rings. The highest BCUT2D eigenvalue weighted by molar-refractivity contribution is 5.98. The highest BCUT2D eigenvalue weighted by Crippen LogP contribution is 2.27. The Morgan fingerprint density at radius 3 is 2.46 bits per heavy atom. The van der Waals surface area contributed by atoms with Crippen molar-refractivity contribution in [2.75, 3.05) is 11.9 Å². The van der Waals surface area contributed by atoms with Crippen molar-refractivity contribution in [1.82, 2.24) is 15.3 Å². The maximum absolute atomic E-state index is 12.2. The van der Waals surface area contributed by atoms with Gasteiger partial charge in [-0.15, -0.1) is 0 Å². The monoisotopic (exact) mass is 350 g/mol. The summed E-state index contributed by atoms with van der Waals surface area (Å²) in [7, 11) is 0. The zero-order valence-corrected chi connectivity index (χ0v) is 15.1. The number of aromatic nitrogens is 2. The number of rotatable bonds is 4. The molecule has 2 amide bonds. The number of hydrogen-bond donors (Lipinski definition) is 3. The number of carbonyl (C=O) groups is 2. The molecule has 0 bridgehead atoms. The third-order valence-electron chi connectivity index (χ3n) is 3.94. The summed E-state index contributed by atoms with van der Waals surface area (Å²) in [6, 6.07) is 15.2. The summed E-state index contributed by atoms with van der Waals surface area (Å²) in [5, 5.41) is 5.50. The van der Waals surface area contributed by atoms with Gasteiger partial charge in [-0.1, -0.05) is 45.0 Å². The second-order valence-corrected chi connectivity index (χ2v) is 7.13. The molecule has 0 aliphatic heterocycles. The number of benzene rings is 2. The van der Waals surface area contributed by atoms with E-state index >= 15 is 0 Å². The van der Waals surface area contributed by atoms with Gasteiger partial charge in [0.2, 0.25) is 11.8 Å². The quantitative estimate of drug-likeness (QED) is 0.674. The molecule has 0 aliphatic rings. The number of fused-ring (bicyclic) bond motifs is 1. The number of nitrogens with zero attached hydrogens (tertiary/aromatic N) is 1. The van der Waals surface area contributed by atoms with E-state index in [-0.39, 0.29) is 18.4 Å².